The molecule has 0 unspecified atom stereocenters. The van der Waals surface area contributed by atoms with E-state index in [2.05, 4.69) is 9.88 Å². The van der Waals surface area contributed by atoms with Crippen LogP contribution in [-0.4, -0.2) is 63.3 Å². The van der Waals surface area contributed by atoms with Crippen LogP contribution in [0.5, 0.6) is 17.2 Å². The molecule has 1 aromatic carbocycles. The van der Waals surface area contributed by atoms with Crippen molar-refractivity contribution in [1.82, 2.24) is 9.88 Å². The van der Waals surface area contributed by atoms with E-state index in [0.717, 1.165) is 29.7 Å². The summed E-state index contributed by atoms with van der Waals surface area (Å²) in [5.74, 6) is 2.71. The Morgan fingerprint density at radius 3 is 2.28 bits per heavy atom. The second-order valence-electron chi connectivity index (χ2n) is 5.87. The van der Waals surface area contributed by atoms with Crippen molar-refractivity contribution >= 4 is 22.5 Å². The lowest BCUT2D eigenvalue weighted by molar-refractivity contribution is -0.129. The van der Waals surface area contributed by atoms with E-state index < -0.39 is 0 Å². The molecular weight excluding hydrogens is 322 g/mol. The smallest absolute Gasteiger partial charge is 0.219 e. The molecule has 7 heteroatoms. The Bertz CT molecular complexity index is 785. The fourth-order valence-corrected chi connectivity index (χ4v) is 3.26. The van der Waals surface area contributed by atoms with Gasteiger partial charge in [-0.2, -0.15) is 0 Å². The highest BCUT2D eigenvalue weighted by Crippen LogP contribution is 2.46. The van der Waals surface area contributed by atoms with Crippen LogP contribution in [0.25, 0.3) is 10.8 Å². The molecule has 2 heterocycles. The third kappa shape index (κ3) is 3.01. The number of methoxy groups -OCH3 is 3. The Hall–Kier alpha value is -2.70. The maximum atomic E-state index is 11.6. The first kappa shape index (κ1) is 17.1. The lowest BCUT2D eigenvalue weighted by Crippen LogP contribution is -2.48. The van der Waals surface area contributed by atoms with Gasteiger partial charge in [-0.1, -0.05) is 0 Å². The van der Waals surface area contributed by atoms with Gasteiger partial charge in [-0.25, -0.2) is 4.98 Å². The molecule has 1 fully saturated rings. The van der Waals surface area contributed by atoms with E-state index in [1.165, 1.54) is 0 Å². The van der Waals surface area contributed by atoms with Gasteiger partial charge < -0.3 is 24.0 Å². The highest BCUT2D eigenvalue weighted by Gasteiger charge is 2.25. The predicted molar refractivity (Wildman–Crippen MR) is 95.9 cm³/mol. The van der Waals surface area contributed by atoms with E-state index in [-0.39, 0.29) is 5.91 Å². The van der Waals surface area contributed by atoms with Crippen molar-refractivity contribution in [2.75, 3.05) is 52.4 Å². The van der Waals surface area contributed by atoms with Crippen LogP contribution in [0, 0.1) is 0 Å². The number of pyridine rings is 1. The number of amides is 1. The standard InChI is InChI=1S/C18H23N3O4/c1-12(22)20-7-9-21(10-8-20)18-15-13(5-6-19-18)11-14(23-2)16(24-3)17(15)25-4/h5-6,11H,7-10H2,1-4H3. The Morgan fingerprint density at radius 1 is 1.04 bits per heavy atom. The zero-order valence-electron chi connectivity index (χ0n) is 15.0. The number of nitrogens with zero attached hydrogens (tertiary/aromatic N) is 3. The maximum absolute atomic E-state index is 11.6. The molecule has 1 aromatic heterocycles. The van der Waals surface area contributed by atoms with Crippen molar-refractivity contribution in [3.63, 3.8) is 0 Å². The van der Waals surface area contributed by atoms with Crippen LogP contribution >= 0.6 is 0 Å². The second-order valence-corrected chi connectivity index (χ2v) is 5.87. The van der Waals surface area contributed by atoms with Gasteiger partial charge in [0.25, 0.3) is 0 Å². The monoisotopic (exact) mass is 345 g/mol. The van der Waals surface area contributed by atoms with Gasteiger partial charge in [0.15, 0.2) is 11.5 Å². The van der Waals surface area contributed by atoms with Crippen LogP contribution in [0.15, 0.2) is 18.3 Å². The number of hydrogen-bond acceptors (Lipinski definition) is 6. The number of hydrogen-bond donors (Lipinski definition) is 0. The lowest BCUT2D eigenvalue weighted by atomic mass is 10.1. The highest BCUT2D eigenvalue weighted by molar-refractivity contribution is 6.00. The minimum atomic E-state index is 0.106. The van der Waals surface area contributed by atoms with E-state index in [9.17, 15) is 4.79 Å². The van der Waals surface area contributed by atoms with Crippen molar-refractivity contribution in [2.24, 2.45) is 0 Å². The first-order valence-electron chi connectivity index (χ1n) is 8.18. The highest BCUT2D eigenvalue weighted by atomic mass is 16.5. The van der Waals surface area contributed by atoms with Crippen LogP contribution < -0.4 is 19.1 Å². The first-order chi connectivity index (χ1) is 12.1. The number of benzene rings is 1. The zero-order valence-corrected chi connectivity index (χ0v) is 15.0. The molecule has 7 nitrogen and oxygen atoms in total. The molecule has 0 radical (unpaired) electrons. The molecular formula is C18H23N3O4. The number of carbonyl (C=O) groups is 1. The third-order valence-corrected chi connectivity index (χ3v) is 4.56. The number of rotatable bonds is 4. The summed E-state index contributed by atoms with van der Waals surface area (Å²) >= 11 is 0. The summed E-state index contributed by atoms with van der Waals surface area (Å²) in [5, 5.41) is 1.85. The van der Waals surface area contributed by atoms with Crippen LogP contribution in [-0.2, 0) is 4.79 Å². The molecule has 25 heavy (non-hydrogen) atoms. The molecule has 0 aliphatic carbocycles. The van der Waals surface area contributed by atoms with Crippen molar-refractivity contribution in [3.8, 4) is 17.2 Å². The summed E-state index contributed by atoms with van der Waals surface area (Å²) in [6.07, 6.45) is 1.78. The van der Waals surface area contributed by atoms with Gasteiger partial charge in [0.05, 0.1) is 26.7 Å². The molecule has 1 saturated heterocycles. The van der Waals surface area contributed by atoms with Gasteiger partial charge >= 0.3 is 0 Å². The fraction of sp³-hybridized carbons (Fsp3) is 0.444. The normalized spacial score (nSPS) is 14.6. The maximum Gasteiger partial charge on any atom is 0.219 e. The van der Waals surface area contributed by atoms with Gasteiger partial charge in [0.2, 0.25) is 11.7 Å². The number of carbonyl (C=O) groups excluding carboxylic acids is 1. The van der Waals surface area contributed by atoms with Crippen LogP contribution in [0.3, 0.4) is 0 Å². The van der Waals surface area contributed by atoms with Gasteiger partial charge in [0, 0.05) is 39.3 Å². The molecule has 0 atom stereocenters. The van der Waals surface area contributed by atoms with Crippen molar-refractivity contribution in [3.05, 3.63) is 18.3 Å². The molecule has 134 valence electrons. The average molecular weight is 345 g/mol. The molecule has 0 N–H and O–H groups in total. The topological polar surface area (TPSA) is 64.1 Å². The SMILES string of the molecule is COc1cc2ccnc(N3CCN(C(C)=O)CC3)c2c(OC)c1OC. The number of ether oxygens (including phenoxy) is 3. The molecule has 1 amide bonds. The minimum absolute atomic E-state index is 0.106. The van der Waals surface area contributed by atoms with E-state index >= 15 is 0 Å². The summed E-state index contributed by atoms with van der Waals surface area (Å²) in [5.41, 5.74) is 0. The van der Waals surface area contributed by atoms with Crippen LogP contribution in [0.4, 0.5) is 5.82 Å². The van der Waals surface area contributed by atoms with Gasteiger partial charge in [-0.15, -0.1) is 0 Å². The summed E-state index contributed by atoms with van der Waals surface area (Å²) in [6, 6.07) is 3.85. The molecule has 2 aromatic rings. The molecule has 0 spiro atoms. The molecule has 0 saturated carbocycles. The summed E-state index contributed by atoms with van der Waals surface area (Å²) < 4.78 is 16.6. The minimum Gasteiger partial charge on any atom is -0.493 e. The summed E-state index contributed by atoms with van der Waals surface area (Å²) in [7, 11) is 4.81. The Labute approximate surface area is 147 Å². The summed E-state index contributed by atoms with van der Waals surface area (Å²) in [4.78, 5) is 20.2. The number of piperazine rings is 1. The number of aromatic nitrogens is 1. The van der Waals surface area contributed by atoms with Gasteiger partial charge in [-0.05, 0) is 17.5 Å². The lowest BCUT2D eigenvalue weighted by Gasteiger charge is -2.35. The molecule has 1 aliphatic rings. The third-order valence-electron chi connectivity index (χ3n) is 4.56. The number of fused-ring (bicyclic) bond motifs is 1. The number of anilines is 1. The van der Waals surface area contributed by atoms with E-state index in [0.29, 0.717) is 30.3 Å². The quantitative estimate of drug-likeness (QED) is 0.844. The Morgan fingerprint density at radius 2 is 1.72 bits per heavy atom. The van der Waals surface area contributed by atoms with Crippen LogP contribution in [0.1, 0.15) is 6.92 Å². The average Bonchev–Trinajstić information content (AvgIpc) is 2.65. The summed E-state index contributed by atoms with van der Waals surface area (Å²) in [6.45, 7) is 4.42. The molecule has 3 rings (SSSR count). The first-order valence-corrected chi connectivity index (χ1v) is 8.18. The van der Waals surface area contributed by atoms with E-state index in [1.807, 2.05) is 17.0 Å². The van der Waals surface area contributed by atoms with Crippen molar-refractivity contribution in [2.45, 2.75) is 6.92 Å². The van der Waals surface area contributed by atoms with Gasteiger partial charge in [0.1, 0.15) is 5.82 Å². The van der Waals surface area contributed by atoms with Crippen LogP contribution in [0.2, 0.25) is 0 Å². The van der Waals surface area contributed by atoms with E-state index in [4.69, 9.17) is 14.2 Å². The zero-order chi connectivity index (χ0) is 18.0. The largest absolute Gasteiger partial charge is 0.493 e. The Balaban J connectivity index is 2.09. The Kier molecular flexibility index (Phi) is 4.83. The second kappa shape index (κ2) is 7.04. The van der Waals surface area contributed by atoms with Crippen molar-refractivity contribution < 1.29 is 19.0 Å². The van der Waals surface area contributed by atoms with E-state index in [1.54, 1.807) is 34.4 Å². The predicted octanol–water partition coefficient (Wildman–Crippen LogP) is 1.93. The van der Waals surface area contributed by atoms with Gasteiger partial charge in [-0.3, -0.25) is 4.79 Å². The fourth-order valence-electron chi connectivity index (χ4n) is 3.26. The van der Waals surface area contributed by atoms with Crippen molar-refractivity contribution in [1.29, 1.82) is 0 Å². The molecule has 0 bridgehead atoms. The molecule has 1 aliphatic heterocycles.